The topological polar surface area (TPSA) is 89.9 Å². The molecular weight excluding hydrogens is 322 g/mol. The van der Waals surface area contributed by atoms with Crippen LogP contribution in [0, 0.1) is 5.92 Å². The number of amides is 2. The average molecular weight is 351 g/mol. The van der Waals surface area contributed by atoms with E-state index in [4.69, 9.17) is 0 Å². The van der Waals surface area contributed by atoms with Gasteiger partial charge in [0.15, 0.2) is 0 Å². The Kier molecular flexibility index (Phi) is 5.93. The number of hydrogen-bond acceptors (Lipinski definition) is 4. The Labute approximate surface area is 148 Å². The molecule has 1 saturated carbocycles. The van der Waals surface area contributed by atoms with Gasteiger partial charge in [0.05, 0.1) is 6.54 Å². The Morgan fingerprint density at radius 3 is 2.72 bits per heavy atom. The molecule has 0 aromatic carbocycles. The van der Waals surface area contributed by atoms with Gasteiger partial charge in [-0.25, -0.2) is 0 Å². The van der Waals surface area contributed by atoms with Gasteiger partial charge in [-0.2, -0.15) is 0 Å². The van der Waals surface area contributed by atoms with Gasteiger partial charge in [0.25, 0.3) is 0 Å². The highest BCUT2D eigenvalue weighted by atomic mass is 16.4. The summed E-state index contributed by atoms with van der Waals surface area (Å²) >= 11 is 0. The molecule has 140 valence electrons. The number of carbonyl (C=O) groups is 3. The van der Waals surface area contributed by atoms with E-state index >= 15 is 0 Å². The third kappa shape index (κ3) is 4.32. The van der Waals surface area contributed by atoms with Gasteiger partial charge in [0.1, 0.15) is 6.04 Å². The summed E-state index contributed by atoms with van der Waals surface area (Å²) < 4.78 is 0. The van der Waals surface area contributed by atoms with Crippen LogP contribution in [0.2, 0.25) is 0 Å². The van der Waals surface area contributed by atoms with E-state index < -0.39 is 12.0 Å². The number of hydrogen-bond donors (Lipinski definition) is 2. The fourth-order valence-corrected chi connectivity index (χ4v) is 4.68. The van der Waals surface area contributed by atoms with Crippen molar-refractivity contribution in [2.24, 2.45) is 5.92 Å². The van der Waals surface area contributed by atoms with Crippen molar-refractivity contribution in [3.63, 3.8) is 0 Å². The molecule has 25 heavy (non-hydrogen) atoms. The quantitative estimate of drug-likeness (QED) is 0.663. The molecule has 0 aromatic heterocycles. The molecule has 3 unspecified atom stereocenters. The lowest BCUT2D eigenvalue weighted by Gasteiger charge is -2.32. The molecule has 7 heteroatoms. The van der Waals surface area contributed by atoms with Gasteiger partial charge in [-0.05, 0) is 38.0 Å². The lowest BCUT2D eigenvalue weighted by atomic mass is 9.85. The summed E-state index contributed by atoms with van der Waals surface area (Å²) in [7, 11) is 0. The van der Waals surface area contributed by atoms with Crippen LogP contribution in [0.25, 0.3) is 0 Å². The SMILES string of the molecule is O=C(CN1C(C(=O)O)CC2CCCCC21)NCCCN1CCCC1=O. The molecule has 3 aliphatic rings. The minimum Gasteiger partial charge on any atom is -0.480 e. The van der Waals surface area contributed by atoms with E-state index in [-0.39, 0.29) is 24.4 Å². The van der Waals surface area contributed by atoms with Gasteiger partial charge < -0.3 is 15.3 Å². The maximum absolute atomic E-state index is 12.3. The molecule has 3 atom stereocenters. The summed E-state index contributed by atoms with van der Waals surface area (Å²) in [6.45, 7) is 2.21. The van der Waals surface area contributed by atoms with Crippen LogP contribution in [0.3, 0.4) is 0 Å². The smallest absolute Gasteiger partial charge is 0.320 e. The number of rotatable bonds is 7. The van der Waals surface area contributed by atoms with Crippen molar-refractivity contribution in [1.82, 2.24) is 15.1 Å². The predicted molar refractivity (Wildman–Crippen MR) is 91.9 cm³/mol. The summed E-state index contributed by atoms with van der Waals surface area (Å²) in [5.74, 6) is -0.292. The third-order valence-electron chi connectivity index (χ3n) is 5.93. The minimum absolute atomic E-state index is 0.106. The van der Waals surface area contributed by atoms with Crippen molar-refractivity contribution in [2.75, 3.05) is 26.2 Å². The molecular formula is C18H29N3O4. The standard InChI is InChI=1S/C18H29N3O4/c22-16(19-8-4-10-20-9-3-7-17(20)23)12-21-14-6-2-1-5-13(14)11-15(21)18(24)25/h13-15H,1-12H2,(H,19,22)(H,24,25). The van der Waals surface area contributed by atoms with Gasteiger partial charge in [-0.15, -0.1) is 0 Å². The molecule has 7 nitrogen and oxygen atoms in total. The first kappa shape index (κ1) is 18.2. The molecule has 3 rings (SSSR count). The van der Waals surface area contributed by atoms with E-state index in [1.807, 2.05) is 9.80 Å². The highest BCUT2D eigenvalue weighted by Crippen LogP contribution is 2.39. The average Bonchev–Trinajstić information content (AvgIpc) is 3.16. The molecule has 0 spiro atoms. The molecule has 2 N–H and O–H groups in total. The maximum Gasteiger partial charge on any atom is 0.320 e. The first-order chi connectivity index (χ1) is 12.1. The number of aliphatic carboxylic acids is 1. The van der Waals surface area contributed by atoms with E-state index in [9.17, 15) is 19.5 Å². The highest BCUT2D eigenvalue weighted by Gasteiger charge is 2.45. The normalized spacial score (nSPS) is 29.7. The summed E-state index contributed by atoms with van der Waals surface area (Å²) in [6, 6.07) is -0.288. The van der Waals surface area contributed by atoms with Crippen molar-refractivity contribution in [3.05, 3.63) is 0 Å². The van der Waals surface area contributed by atoms with Crippen LogP contribution >= 0.6 is 0 Å². The van der Waals surface area contributed by atoms with E-state index in [2.05, 4.69) is 5.32 Å². The zero-order chi connectivity index (χ0) is 17.8. The molecule has 3 fully saturated rings. The fourth-order valence-electron chi connectivity index (χ4n) is 4.68. The third-order valence-corrected chi connectivity index (χ3v) is 5.93. The Morgan fingerprint density at radius 2 is 2.00 bits per heavy atom. The lowest BCUT2D eigenvalue weighted by molar-refractivity contribution is -0.143. The number of carboxylic acid groups (broad SMARTS) is 1. The van der Waals surface area contributed by atoms with E-state index in [1.165, 1.54) is 6.42 Å². The first-order valence-corrected chi connectivity index (χ1v) is 9.59. The van der Waals surface area contributed by atoms with Crippen molar-refractivity contribution in [2.45, 2.75) is 63.5 Å². The lowest BCUT2D eigenvalue weighted by Crippen LogP contribution is -2.47. The van der Waals surface area contributed by atoms with Crippen LogP contribution in [0.5, 0.6) is 0 Å². The van der Waals surface area contributed by atoms with Crippen molar-refractivity contribution in [1.29, 1.82) is 0 Å². The van der Waals surface area contributed by atoms with Crippen molar-refractivity contribution in [3.8, 4) is 0 Å². The monoisotopic (exact) mass is 351 g/mol. The van der Waals surface area contributed by atoms with E-state index in [0.717, 1.165) is 38.6 Å². The molecule has 2 heterocycles. The molecule has 2 amide bonds. The molecule has 0 radical (unpaired) electrons. The van der Waals surface area contributed by atoms with E-state index in [0.29, 0.717) is 31.8 Å². The van der Waals surface area contributed by atoms with Gasteiger partial charge in [0.2, 0.25) is 11.8 Å². The second-order valence-electron chi connectivity index (χ2n) is 7.56. The second kappa shape index (κ2) is 8.17. The van der Waals surface area contributed by atoms with Crippen LogP contribution in [0.1, 0.15) is 51.4 Å². The summed E-state index contributed by atoms with van der Waals surface area (Å²) in [5, 5.41) is 12.4. The molecule has 2 saturated heterocycles. The van der Waals surface area contributed by atoms with Gasteiger partial charge in [0, 0.05) is 32.1 Å². The Balaban J connectivity index is 1.44. The van der Waals surface area contributed by atoms with Crippen LogP contribution in [0.4, 0.5) is 0 Å². The number of nitrogens with zero attached hydrogens (tertiary/aromatic N) is 2. The highest BCUT2D eigenvalue weighted by molar-refractivity contribution is 5.80. The number of nitrogens with one attached hydrogen (secondary N) is 1. The number of fused-ring (bicyclic) bond motifs is 1. The first-order valence-electron chi connectivity index (χ1n) is 9.59. The second-order valence-corrected chi connectivity index (χ2v) is 7.56. The van der Waals surface area contributed by atoms with Crippen molar-refractivity contribution >= 4 is 17.8 Å². The van der Waals surface area contributed by atoms with Crippen LogP contribution in [-0.2, 0) is 14.4 Å². The van der Waals surface area contributed by atoms with Crippen molar-refractivity contribution < 1.29 is 19.5 Å². The van der Waals surface area contributed by atoms with Crippen LogP contribution in [-0.4, -0.2) is 71.0 Å². The minimum atomic E-state index is -0.810. The van der Waals surface area contributed by atoms with Gasteiger partial charge in [-0.3, -0.25) is 19.3 Å². The van der Waals surface area contributed by atoms with Gasteiger partial charge in [-0.1, -0.05) is 12.8 Å². The fraction of sp³-hybridized carbons (Fsp3) is 0.833. The number of carboxylic acids is 1. The molecule has 0 aromatic rings. The summed E-state index contributed by atoms with van der Waals surface area (Å²) in [4.78, 5) is 39.1. The van der Waals surface area contributed by atoms with Gasteiger partial charge >= 0.3 is 5.97 Å². The largest absolute Gasteiger partial charge is 0.480 e. The zero-order valence-electron chi connectivity index (χ0n) is 14.8. The van der Waals surface area contributed by atoms with E-state index in [1.54, 1.807) is 0 Å². The van der Waals surface area contributed by atoms with Crippen LogP contribution < -0.4 is 5.32 Å². The summed E-state index contributed by atoms with van der Waals surface area (Å²) in [5.41, 5.74) is 0. The molecule has 1 aliphatic carbocycles. The Hall–Kier alpha value is -1.63. The Morgan fingerprint density at radius 1 is 1.20 bits per heavy atom. The molecule has 2 aliphatic heterocycles. The number of likely N-dealkylation sites (tertiary alicyclic amines) is 2. The number of carbonyl (C=O) groups excluding carboxylic acids is 2. The molecule has 0 bridgehead atoms. The Bertz CT molecular complexity index is 524. The predicted octanol–water partition coefficient (Wildman–Crippen LogP) is 0.833. The van der Waals surface area contributed by atoms with Crippen LogP contribution in [0.15, 0.2) is 0 Å². The zero-order valence-corrected chi connectivity index (χ0v) is 14.8. The maximum atomic E-state index is 12.3. The summed E-state index contributed by atoms with van der Waals surface area (Å²) in [6.07, 6.45) is 7.35.